The highest BCUT2D eigenvalue weighted by Crippen LogP contribution is 2.25. The number of nitrogens with one attached hydrogen (secondary N) is 2. The van der Waals surface area contributed by atoms with Crippen molar-refractivity contribution in [2.24, 2.45) is 5.92 Å². The Morgan fingerprint density at radius 1 is 1.15 bits per heavy atom. The number of piperidine rings is 1. The van der Waals surface area contributed by atoms with Crippen molar-refractivity contribution in [2.45, 2.75) is 33.1 Å². The van der Waals surface area contributed by atoms with Crippen molar-refractivity contribution in [3.8, 4) is 0 Å². The van der Waals surface area contributed by atoms with Crippen molar-refractivity contribution < 1.29 is 4.79 Å². The topological polar surface area (TPSA) is 57.3 Å². The number of hydrogen-bond donors (Lipinski definition) is 2. The predicted molar refractivity (Wildman–Crippen MR) is 107 cm³/mol. The summed E-state index contributed by atoms with van der Waals surface area (Å²) in [4.78, 5) is 18.7. The van der Waals surface area contributed by atoms with Crippen LogP contribution in [0, 0.1) is 5.92 Å². The van der Waals surface area contributed by atoms with E-state index < -0.39 is 0 Å². The molecule has 0 saturated carbocycles. The minimum absolute atomic E-state index is 0.134. The fourth-order valence-corrected chi connectivity index (χ4v) is 3.15. The number of carbonyl (C=O) groups excluding carboxylic acids is 1. The highest BCUT2D eigenvalue weighted by Gasteiger charge is 2.15. The van der Waals surface area contributed by atoms with Gasteiger partial charge in [-0.3, -0.25) is 9.78 Å². The van der Waals surface area contributed by atoms with Crippen LogP contribution in [0.25, 0.3) is 0 Å². The maximum Gasteiger partial charge on any atom is 0.269 e. The molecular weight excluding hydrogens is 324 g/mol. The molecule has 0 bridgehead atoms. The quantitative estimate of drug-likeness (QED) is 0.818. The molecule has 1 aliphatic heterocycles. The van der Waals surface area contributed by atoms with E-state index in [9.17, 15) is 4.79 Å². The number of hydrogen-bond acceptors (Lipinski definition) is 4. The lowest BCUT2D eigenvalue weighted by Crippen LogP contribution is -2.32. The number of carbonyl (C=O) groups is 1. The molecule has 26 heavy (non-hydrogen) atoms. The van der Waals surface area contributed by atoms with Gasteiger partial charge in [0, 0.05) is 42.9 Å². The van der Waals surface area contributed by atoms with Crippen LogP contribution in [0.3, 0.4) is 0 Å². The number of nitrogens with zero attached hydrogens (tertiary/aromatic N) is 2. The molecule has 1 saturated heterocycles. The van der Waals surface area contributed by atoms with Crippen LogP contribution < -0.4 is 15.5 Å². The highest BCUT2D eigenvalue weighted by molar-refractivity contribution is 5.93. The van der Waals surface area contributed by atoms with Crippen LogP contribution in [0.1, 0.15) is 43.6 Å². The van der Waals surface area contributed by atoms with E-state index in [2.05, 4.69) is 51.7 Å². The molecule has 2 heterocycles. The van der Waals surface area contributed by atoms with Gasteiger partial charge in [0.05, 0.1) is 0 Å². The first kappa shape index (κ1) is 18.2. The molecule has 0 aliphatic carbocycles. The molecule has 1 aromatic carbocycles. The van der Waals surface area contributed by atoms with Gasteiger partial charge in [-0.1, -0.05) is 13.8 Å². The van der Waals surface area contributed by atoms with Crippen LogP contribution in [0.4, 0.5) is 17.1 Å². The molecule has 1 aliphatic rings. The maximum atomic E-state index is 12.0. The van der Waals surface area contributed by atoms with Gasteiger partial charge in [0.1, 0.15) is 5.69 Å². The normalized spacial score (nSPS) is 14.9. The average Bonchev–Trinajstić information content (AvgIpc) is 2.67. The Morgan fingerprint density at radius 3 is 2.58 bits per heavy atom. The van der Waals surface area contributed by atoms with Crippen LogP contribution in [-0.4, -0.2) is 30.5 Å². The summed E-state index contributed by atoms with van der Waals surface area (Å²) in [6.07, 6.45) is 5.10. The van der Waals surface area contributed by atoms with Gasteiger partial charge in [-0.2, -0.15) is 0 Å². The van der Waals surface area contributed by atoms with Crippen LogP contribution in [0.15, 0.2) is 42.6 Å². The molecule has 0 unspecified atom stereocenters. The van der Waals surface area contributed by atoms with Gasteiger partial charge in [-0.15, -0.1) is 0 Å². The van der Waals surface area contributed by atoms with Gasteiger partial charge >= 0.3 is 0 Å². The molecule has 2 N–H and O–H groups in total. The molecule has 3 rings (SSSR count). The van der Waals surface area contributed by atoms with Gasteiger partial charge in [0.25, 0.3) is 5.91 Å². The van der Waals surface area contributed by atoms with Crippen molar-refractivity contribution in [3.63, 3.8) is 0 Å². The first-order valence-corrected chi connectivity index (χ1v) is 9.52. The van der Waals surface area contributed by atoms with E-state index in [1.165, 1.54) is 18.5 Å². The number of pyridine rings is 1. The molecule has 1 amide bonds. The Balaban J connectivity index is 1.63. The van der Waals surface area contributed by atoms with E-state index in [1.807, 2.05) is 13.0 Å². The zero-order valence-electron chi connectivity index (χ0n) is 15.7. The van der Waals surface area contributed by atoms with Gasteiger partial charge in [-0.25, -0.2) is 0 Å². The van der Waals surface area contributed by atoms with E-state index in [-0.39, 0.29) is 5.91 Å². The molecule has 5 nitrogen and oxygen atoms in total. The van der Waals surface area contributed by atoms with Gasteiger partial charge in [0.15, 0.2) is 0 Å². The molecule has 5 heteroatoms. The molecule has 2 aromatic rings. The fraction of sp³-hybridized carbons (Fsp3) is 0.429. The standard InChI is InChI=1S/C21H28N4O/c1-3-11-23-21(26)20-15-18(8-12-22-20)24-17-4-6-19(7-5-17)25-13-9-16(2)10-14-25/h4-8,12,15-16H,3,9-11,13-14H2,1-2H3,(H,22,24)(H,23,26). The Hall–Kier alpha value is -2.56. The number of benzene rings is 1. The van der Waals surface area contributed by atoms with Crippen molar-refractivity contribution in [3.05, 3.63) is 48.3 Å². The van der Waals surface area contributed by atoms with Crippen LogP contribution in [0.2, 0.25) is 0 Å². The Labute approximate surface area is 155 Å². The second kappa shape index (κ2) is 8.70. The summed E-state index contributed by atoms with van der Waals surface area (Å²) in [6.45, 7) is 7.29. The third kappa shape index (κ3) is 4.75. The molecule has 1 aromatic heterocycles. The monoisotopic (exact) mass is 352 g/mol. The molecule has 0 atom stereocenters. The van der Waals surface area contributed by atoms with Gasteiger partial charge in [0.2, 0.25) is 0 Å². The summed E-state index contributed by atoms with van der Waals surface area (Å²) in [5, 5.41) is 6.21. The summed E-state index contributed by atoms with van der Waals surface area (Å²) in [7, 11) is 0. The minimum atomic E-state index is -0.134. The predicted octanol–water partition coefficient (Wildman–Crippen LogP) is 4.20. The SMILES string of the molecule is CCCNC(=O)c1cc(Nc2ccc(N3CCC(C)CC3)cc2)ccn1. The summed E-state index contributed by atoms with van der Waals surface area (Å²) in [5.74, 6) is 0.702. The third-order valence-electron chi connectivity index (χ3n) is 4.83. The second-order valence-corrected chi connectivity index (χ2v) is 7.03. The van der Waals surface area contributed by atoms with E-state index >= 15 is 0 Å². The fourth-order valence-electron chi connectivity index (χ4n) is 3.15. The van der Waals surface area contributed by atoms with Crippen molar-refractivity contribution in [2.75, 3.05) is 29.9 Å². The summed E-state index contributed by atoms with van der Waals surface area (Å²) >= 11 is 0. The smallest absolute Gasteiger partial charge is 0.269 e. The Bertz CT molecular complexity index is 721. The average molecular weight is 352 g/mol. The van der Waals surface area contributed by atoms with E-state index in [0.29, 0.717) is 12.2 Å². The zero-order valence-corrected chi connectivity index (χ0v) is 15.7. The van der Waals surface area contributed by atoms with E-state index in [1.54, 1.807) is 12.3 Å². The van der Waals surface area contributed by atoms with E-state index in [4.69, 9.17) is 0 Å². The summed E-state index contributed by atoms with van der Waals surface area (Å²) in [5.41, 5.74) is 3.57. The van der Waals surface area contributed by atoms with Crippen LogP contribution in [0.5, 0.6) is 0 Å². The number of rotatable bonds is 6. The van der Waals surface area contributed by atoms with Crippen LogP contribution >= 0.6 is 0 Å². The van der Waals surface area contributed by atoms with E-state index in [0.717, 1.165) is 36.8 Å². The molecule has 1 fully saturated rings. The molecule has 0 spiro atoms. The number of anilines is 3. The minimum Gasteiger partial charge on any atom is -0.372 e. The first-order valence-electron chi connectivity index (χ1n) is 9.52. The van der Waals surface area contributed by atoms with Gasteiger partial charge in [-0.05, 0) is 61.6 Å². The number of aromatic nitrogens is 1. The zero-order chi connectivity index (χ0) is 18.4. The lowest BCUT2D eigenvalue weighted by molar-refractivity contribution is 0.0948. The number of amides is 1. The van der Waals surface area contributed by atoms with Crippen LogP contribution in [-0.2, 0) is 0 Å². The molecule has 138 valence electrons. The van der Waals surface area contributed by atoms with Crippen molar-refractivity contribution in [1.29, 1.82) is 0 Å². The second-order valence-electron chi connectivity index (χ2n) is 7.03. The lowest BCUT2D eigenvalue weighted by Gasteiger charge is -2.32. The lowest BCUT2D eigenvalue weighted by atomic mass is 9.99. The van der Waals surface area contributed by atoms with Gasteiger partial charge < -0.3 is 15.5 Å². The largest absolute Gasteiger partial charge is 0.372 e. The van der Waals surface area contributed by atoms with Crippen molar-refractivity contribution >= 4 is 23.0 Å². The third-order valence-corrected chi connectivity index (χ3v) is 4.83. The maximum absolute atomic E-state index is 12.0. The Kier molecular flexibility index (Phi) is 6.10. The summed E-state index contributed by atoms with van der Waals surface area (Å²) in [6, 6.07) is 12.2. The molecular formula is C21H28N4O. The molecule has 0 radical (unpaired) electrons. The summed E-state index contributed by atoms with van der Waals surface area (Å²) < 4.78 is 0. The van der Waals surface area contributed by atoms with Crippen molar-refractivity contribution in [1.82, 2.24) is 10.3 Å². The highest BCUT2D eigenvalue weighted by atomic mass is 16.1. The Morgan fingerprint density at radius 2 is 1.88 bits per heavy atom. The first-order chi connectivity index (χ1) is 12.7.